The van der Waals surface area contributed by atoms with Crippen LogP contribution >= 0.6 is 0 Å². The van der Waals surface area contributed by atoms with Crippen LogP contribution in [0.1, 0.15) is 0 Å². The highest BCUT2D eigenvalue weighted by molar-refractivity contribution is 4.44. The van der Waals surface area contributed by atoms with Crippen molar-refractivity contribution in [1.82, 2.24) is 0 Å². The maximum absolute atomic E-state index is 11.1. The van der Waals surface area contributed by atoms with E-state index in [1.54, 1.807) is 0 Å². The molecule has 0 N–H and O–H groups in total. The average Bonchev–Trinajstić information content (AvgIpc) is 1.63. The topological polar surface area (TPSA) is 9.23 Å². The van der Waals surface area contributed by atoms with Crippen LogP contribution in [-0.4, -0.2) is 26.1 Å². The van der Waals surface area contributed by atoms with E-state index in [1.807, 2.05) is 0 Å². The van der Waals surface area contributed by atoms with Crippen LogP contribution in [0.4, 0.5) is 17.6 Å². The summed E-state index contributed by atoms with van der Waals surface area (Å²) in [6.45, 7) is -2.73. The van der Waals surface area contributed by atoms with Crippen molar-refractivity contribution in [2.75, 3.05) is 19.9 Å². The smallest absolute Gasteiger partial charge is 0.369 e. The van der Waals surface area contributed by atoms with E-state index in [0.717, 1.165) is 0 Å². The zero-order valence-electron chi connectivity index (χ0n) is 4.54. The minimum atomic E-state index is -4.34. The third-order valence-corrected chi connectivity index (χ3v) is 0.487. The maximum Gasteiger partial charge on any atom is 0.411 e. The van der Waals surface area contributed by atoms with Crippen LogP contribution in [0, 0.1) is 0 Å². The van der Waals surface area contributed by atoms with E-state index >= 15 is 0 Å². The molecule has 0 unspecified atom stereocenters. The van der Waals surface area contributed by atoms with Crippen molar-refractivity contribution in [2.45, 2.75) is 6.18 Å². The molecule has 0 aromatic rings. The molecule has 9 heavy (non-hydrogen) atoms. The predicted molar refractivity (Wildman–Crippen MR) is 22.8 cm³/mol. The van der Waals surface area contributed by atoms with Crippen LogP contribution in [0.3, 0.4) is 0 Å². The van der Waals surface area contributed by atoms with E-state index < -0.39 is 26.1 Å². The summed E-state index contributed by atoms with van der Waals surface area (Å²) in [5.74, 6) is 0. The van der Waals surface area contributed by atoms with Crippen molar-refractivity contribution in [3.8, 4) is 0 Å². The maximum atomic E-state index is 11.1. The molecule has 0 atom stereocenters. The summed E-state index contributed by atoms with van der Waals surface area (Å²) in [6, 6.07) is 0. The molecule has 0 aliphatic carbocycles. The van der Waals surface area contributed by atoms with Gasteiger partial charge in [-0.2, -0.15) is 13.2 Å². The third kappa shape index (κ3) is 7.68. The van der Waals surface area contributed by atoms with Crippen molar-refractivity contribution < 1.29 is 22.3 Å². The van der Waals surface area contributed by atoms with Crippen LogP contribution < -0.4 is 0 Å². The minimum Gasteiger partial charge on any atom is -0.369 e. The fraction of sp³-hybridized carbons (Fsp3) is 1.00. The quantitative estimate of drug-likeness (QED) is 0.433. The molecule has 0 fully saturated rings. The summed E-state index contributed by atoms with van der Waals surface area (Å²) in [5, 5.41) is 0. The van der Waals surface area contributed by atoms with Gasteiger partial charge in [0.05, 0.1) is 6.61 Å². The summed E-state index contributed by atoms with van der Waals surface area (Å²) in [4.78, 5) is 0. The Balaban J connectivity index is 3.07. The first-order chi connectivity index (χ1) is 4.06. The Labute approximate surface area is 49.6 Å². The summed E-state index contributed by atoms with van der Waals surface area (Å²) >= 11 is 0. The number of hydrogen-bond acceptors (Lipinski definition) is 1. The van der Waals surface area contributed by atoms with Gasteiger partial charge in [0.15, 0.2) is 0 Å². The van der Waals surface area contributed by atoms with Crippen LogP contribution in [0.25, 0.3) is 0 Å². The van der Waals surface area contributed by atoms with E-state index in [9.17, 15) is 17.6 Å². The second kappa shape index (κ2) is 3.66. The third-order valence-electron chi connectivity index (χ3n) is 0.487. The van der Waals surface area contributed by atoms with Crippen molar-refractivity contribution in [1.29, 1.82) is 0 Å². The highest BCUT2D eigenvalue weighted by atomic mass is 19.4. The molecular weight excluding hydrogens is 140 g/mol. The van der Waals surface area contributed by atoms with Gasteiger partial charge >= 0.3 is 6.18 Å². The molecule has 0 saturated carbocycles. The number of alkyl halides is 4. The largest absolute Gasteiger partial charge is 0.411 e. The molecule has 0 amide bonds. The van der Waals surface area contributed by atoms with E-state index in [4.69, 9.17) is 0 Å². The molecule has 0 aromatic heterocycles. The van der Waals surface area contributed by atoms with E-state index in [0.29, 0.717) is 0 Å². The van der Waals surface area contributed by atoms with Crippen LogP contribution in [0.5, 0.6) is 0 Å². The van der Waals surface area contributed by atoms with Gasteiger partial charge in [-0.25, -0.2) is 4.39 Å². The predicted octanol–water partition coefficient (Wildman–Crippen LogP) is 1.53. The lowest BCUT2D eigenvalue weighted by molar-refractivity contribution is -0.174. The second-order valence-corrected chi connectivity index (χ2v) is 1.36. The Bertz CT molecular complexity index is 69.5. The number of ether oxygens (including phenoxy) is 1. The monoisotopic (exact) mass is 146 g/mol. The lowest BCUT2D eigenvalue weighted by Crippen LogP contribution is -2.17. The van der Waals surface area contributed by atoms with Gasteiger partial charge in [0, 0.05) is 0 Å². The van der Waals surface area contributed by atoms with Crippen molar-refractivity contribution in [2.24, 2.45) is 0 Å². The van der Waals surface area contributed by atoms with E-state index in [2.05, 4.69) is 4.74 Å². The van der Waals surface area contributed by atoms with Gasteiger partial charge in [-0.3, -0.25) is 0 Å². The Morgan fingerprint density at radius 3 is 2.11 bits per heavy atom. The Kier molecular flexibility index (Phi) is 3.53. The van der Waals surface area contributed by atoms with Crippen LogP contribution in [-0.2, 0) is 4.74 Å². The molecule has 0 aromatic carbocycles. The minimum absolute atomic E-state index is 0.487. The zero-order chi connectivity index (χ0) is 7.33. The first-order valence-corrected chi connectivity index (χ1v) is 2.27. The number of hydrogen-bond donors (Lipinski definition) is 0. The molecule has 0 heterocycles. The molecule has 0 aliphatic heterocycles. The Morgan fingerprint density at radius 2 is 1.78 bits per heavy atom. The van der Waals surface area contributed by atoms with Crippen LogP contribution in [0.15, 0.2) is 0 Å². The molecular formula is C4H6F4O. The Morgan fingerprint density at radius 1 is 1.22 bits per heavy atom. The van der Waals surface area contributed by atoms with Crippen molar-refractivity contribution in [3.63, 3.8) is 0 Å². The van der Waals surface area contributed by atoms with Gasteiger partial charge < -0.3 is 4.74 Å². The van der Waals surface area contributed by atoms with Crippen LogP contribution in [0.2, 0.25) is 0 Å². The molecule has 0 radical (unpaired) electrons. The van der Waals surface area contributed by atoms with Crippen molar-refractivity contribution in [3.05, 3.63) is 0 Å². The standard InChI is InChI=1S/C4H6F4O/c5-1-2-9-3-4(6,7)8/h1-3H2. The first kappa shape index (κ1) is 8.68. The molecule has 1 nitrogen and oxygen atoms in total. The van der Waals surface area contributed by atoms with Gasteiger partial charge in [-0.1, -0.05) is 0 Å². The SMILES string of the molecule is FCCOCC(F)(F)F. The summed E-state index contributed by atoms with van der Waals surface area (Å²) in [7, 11) is 0. The van der Waals surface area contributed by atoms with Gasteiger partial charge in [-0.15, -0.1) is 0 Å². The average molecular weight is 146 g/mol. The number of rotatable bonds is 3. The molecule has 0 aliphatic rings. The van der Waals surface area contributed by atoms with Gasteiger partial charge in [0.2, 0.25) is 0 Å². The summed E-state index contributed by atoms with van der Waals surface area (Å²) in [6.07, 6.45) is -4.34. The molecule has 0 spiro atoms. The molecule has 5 heteroatoms. The van der Waals surface area contributed by atoms with Crippen molar-refractivity contribution >= 4 is 0 Å². The summed E-state index contributed by atoms with van der Waals surface area (Å²) < 4.78 is 48.3. The lowest BCUT2D eigenvalue weighted by atomic mass is 10.7. The summed E-state index contributed by atoms with van der Waals surface area (Å²) in [5.41, 5.74) is 0. The van der Waals surface area contributed by atoms with Gasteiger partial charge in [-0.05, 0) is 0 Å². The highest BCUT2D eigenvalue weighted by Crippen LogP contribution is 2.13. The lowest BCUT2D eigenvalue weighted by Gasteiger charge is -2.04. The molecule has 56 valence electrons. The second-order valence-electron chi connectivity index (χ2n) is 1.36. The van der Waals surface area contributed by atoms with Gasteiger partial charge in [0.25, 0.3) is 0 Å². The zero-order valence-corrected chi connectivity index (χ0v) is 4.54. The Hall–Kier alpha value is -0.320. The number of halogens is 4. The van der Waals surface area contributed by atoms with E-state index in [1.165, 1.54) is 0 Å². The fourth-order valence-corrected chi connectivity index (χ4v) is 0.242. The molecule has 0 rings (SSSR count). The fourth-order valence-electron chi connectivity index (χ4n) is 0.242. The van der Waals surface area contributed by atoms with Gasteiger partial charge in [0.1, 0.15) is 13.3 Å². The normalized spacial score (nSPS) is 12.0. The van der Waals surface area contributed by atoms with E-state index in [-0.39, 0.29) is 0 Å². The molecule has 0 bridgehead atoms. The molecule has 0 saturated heterocycles. The highest BCUT2D eigenvalue weighted by Gasteiger charge is 2.26. The first-order valence-electron chi connectivity index (χ1n) is 2.27.